The molecule has 0 aliphatic carbocycles. The Kier molecular flexibility index (Phi) is 5.22. The summed E-state index contributed by atoms with van der Waals surface area (Å²) in [5.74, 6) is -3.23. The van der Waals surface area contributed by atoms with Gasteiger partial charge in [0.2, 0.25) is 0 Å². The first-order valence-electron chi connectivity index (χ1n) is 5.44. The van der Waals surface area contributed by atoms with Crippen molar-refractivity contribution in [3.8, 4) is 0 Å². The first-order valence-corrected chi connectivity index (χ1v) is 6.23. The summed E-state index contributed by atoms with van der Waals surface area (Å²) < 4.78 is 5.45. The summed E-state index contributed by atoms with van der Waals surface area (Å²) >= 11 is 3.23. The van der Waals surface area contributed by atoms with Gasteiger partial charge in [0.15, 0.2) is 17.5 Å². The van der Waals surface area contributed by atoms with E-state index in [9.17, 15) is 14.4 Å². The SMILES string of the molecule is CCOC(=O)C(C(C)=O)C(=O)c1cccc(Br)c1. The van der Waals surface area contributed by atoms with E-state index < -0.39 is 23.5 Å². The third-order valence-corrected chi connectivity index (χ3v) is 2.79. The van der Waals surface area contributed by atoms with Crippen LogP contribution in [-0.4, -0.2) is 24.1 Å². The van der Waals surface area contributed by atoms with Crippen LogP contribution in [0.25, 0.3) is 0 Å². The van der Waals surface area contributed by atoms with E-state index in [4.69, 9.17) is 4.74 Å². The van der Waals surface area contributed by atoms with Crippen molar-refractivity contribution in [1.29, 1.82) is 0 Å². The summed E-state index contributed by atoms with van der Waals surface area (Å²) in [5.41, 5.74) is 0.303. The van der Waals surface area contributed by atoms with Crippen molar-refractivity contribution in [3.63, 3.8) is 0 Å². The topological polar surface area (TPSA) is 60.4 Å². The minimum atomic E-state index is -1.38. The summed E-state index contributed by atoms with van der Waals surface area (Å²) in [6.07, 6.45) is 0. The molecule has 0 aliphatic heterocycles. The maximum absolute atomic E-state index is 12.1. The van der Waals surface area contributed by atoms with Gasteiger partial charge in [-0.05, 0) is 26.0 Å². The molecule has 0 aliphatic rings. The Labute approximate surface area is 113 Å². The second-order valence-electron chi connectivity index (χ2n) is 3.67. The van der Waals surface area contributed by atoms with Gasteiger partial charge >= 0.3 is 5.97 Å². The lowest BCUT2D eigenvalue weighted by molar-refractivity contribution is -0.148. The Morgan fingerprint density at radius 3 is 2.50 bits per heavy atom. The number of carbonyl (C=O) groups is 3. The zero-order chi connectivity index (χ0) is 13.7. The van der Waals surface area contributed by atoms with Crippen molar-refractivity contribution < 1.29 is 19.1 Å². The Bertz CT molecular complexity index is 482. The molecule has 1 aromatic carbocycles. The van der Waals surface area contributed by atoms with Gasteiger partial charge in [0.1, 0.15) is 0 Å². The molecule has 0 amide bonds. The highest BCUT2D eigenvalue weighted by atomic mass is 79.9. The predicted octanol–water partition coefficient (Wildman–Crippen LogP) is 2.40. The fourth-order valence-electron chi connectivity index (χ4n) is 1.49. The molecule has 0 saturated carbocycles. The molecule has 5 heteroatoms. The maximum atomic E-state index is 12.1. The van der Waals surface area contributed by atoms with E-state index in [1.165, 1.54) is 6.92 Å². The summed E-state index contributed by atoms with van der Waals surface area (Å²) in [5, 5.41) is 0. The molecule has 96 valence electrons. The van der Waals surface area contributed by atoms with Gasteiger partial charge in [-0.25, -0.2) is 0 Å². The number of Topliss-reactive ketones (excluding diaryl/α,β-unsaturated/α-hetero) is 2. The third-order valence-electron chi connectivity index (χ3n) is 2.30. The van der Waals surface area contributed by atoms with Crippen molar-refractivity contribution in [1.82, 2.24) is 0 Å². The molecule has 0 heterocycles. The first kappa shape index (κ1) is 14.6. The van der Waals surface area contributed by atoms with Crippen LogP contribution in [0, 0.1) is 5.92 Å². The normalized spacial score (nSPS) is 11.7. The molecule has 0 N–H and O–H groups in total. The van der Waals surface area contributed by atoms with Crippen molar-refractivity contribution in [2.24, 2.45) is 5.92 Å². The van der Waals surface area contributed by atoms with Crippen LogP contribution in [0.3, 0.4) is 0 Å². The van der Waals surface area contributed by atoms with Crippen LogP contribution in [0.5, 0.6) is 0 Å². The number of benzene rings is 1. The Balaban J connectivity index is 3.04. The lowest BCUT2D eigenvalue weighted by Crippen LogP contribution is -2.32. The van der Waals surface area contributed by atoms with E-state index in [1.807, 2.05) is 0 Å². The van der Waals surface area contributed by atoms with Crippen LogP contribution in [-0.2, 0) is 14.3 Å². The summed E-state index contributed by atoms with van der Waals surface area (Å²) in [4.78, 5) is 35.1. The van der Waals surface area contributed by atoms with Crippen LogP contribution in [0.1, 0.15) is 24.2 Å². The summed E-state index contributed by atoms with van der Waals surface area (Å²) in [6, 6.07) is 6.54. The average molecular weight is 313 g/mol. The number of carbonyl (C=O) groups excluding carboxylic acids is 3. The minimum Gasteiger partial charge on any atom is -0.465 e. The highest BCUT2D eigenvalue weighted by molar-refractivity contribution is 9.10. The Morgan fingerprint density at radius 1 is 1.33 bits per heavy atom. The molecular weight excluding hydrogens is 300 g/mol. The van der Waals surface area contributed by atoms with Gasteiger partial charge in [0, 0.05) is 10.0 Å². The maximum Gasteiger partial charge on any atom is 0.324 e. The molecule has 0 fully saturated rings. The van der Waals surface area contributed by atoms with Crippen molar-refractivity contribution in [2.75, 3.05) is 6.61 Å². The largest absolute Gasteiger partial charge is 0.465 e. The number of halogens is 1. The second-order valence-corrected chi connectivity index (χ2v) is 4.59. The molecular formula is C13H13BrO4. The quantitative estimate of drug-likeness (QED) is 0.476. The molecule has 0 saturated heterocycles. The predicted molar refractivity (Wildman–Crippen MR) is 69.3 cm³/mol. The highest BCUT2D eigenvalue weighted by Crippen LogP contribution is 2.17. The molecule has 1 aromatic rings. The number of rotatable bonds is 5. The molecule has 18 heavy (non-hydrogen) atoms. The first-order chi connectivity index (χ1) is 8.47. The van der Waals surface area contributed by atoms with E-state index >= 15 is 0 Å². The van der Waals surface area contributed by atoms with Crippen LogP contribution in [0.15, 0.2) is 28.7 Å². The molecule has 1 atom stereocenters. The second kappa shape index (κ2) is 6.44. The van der Waals surface area contributed by atoms with Crippen LogP contribution >= 0.6 is 15.9 Å². The Hall–Kier alpha value is -1.49. The summed E-state index contributed by atoms with van der Waals surface area (Å²) in [7, 11) is 0. The number of hydrogen-bond acceptors (Lipinski definition) is 4. The molecule has 0 aromatic heterocycles. The minimum absolute atomic E-state index is 0.133. The van der Waals surface area contributed by atoms with Gasteiger partial charge in [-0.2, -0.15) is 0 Å². The zero-order valence-electron chi connectivity index (χ0n) is 10.1. The molecule has 0 radical (unpaired) electrons. The Morgan fingerprint density at radius 2 is 2.00 bits per heavy atom. The standard InChI is InChI=1S/C13H13BrO4/c1-3-18-13(17)11(8(2)15)12(16)9-5-4-6-10(14)7-9/h4-7,11H,3H2,1-2H3. The van der Waals surface area contributed by atoms with E-state index in [-0.39, 0.29) is 6.61 Å². The van der Waals surface area contributed by atoms with E-state index in [0.717, 1.165) is 0 Å². The average Bonchev–Trinajstić information content (AvgIpc) is 2.28. The lowest BCUT2D eigenvalue weighted by atomic mass is 9.94. The van der Waals surface area contributed by atoms with Crippen molar-refractivity contribution in [2.45, 2.75) is 13.8 Å². The van der Waals surface area contributed by atoms with Gasteiger partial charge in [-0.3, -0.25) is 14.4 Å². The van der Waals surface area contributed by atoms with Crippen LogP contribution < -0.4 is 0 Å². The number of esters is 1. The van der Waals surface area contributed by atoms with E-state index in [0.29, 0.717) is 10.0 Å². The molecule has 1 unspecified atom stereocenters. The number of ketones is 2. The summed E-state index contributed by atoms with van der Waals surface area (Å²) in [6.45, 7) is 2.96. The van der Waals surface area contributed by atoms with Crippen molar-refractivity contribution >= 4 is 33.5 Å². The molecule has 0 spiro atoms. The fraction of sp³-hybridized carbons (Fsp3) is 0.308. The monoisotopic (exact) mass is 312 g/mol. The van der Waals surface area contributed by atoms with Gasteiger partial charge < -0.3 is 4.74 Å². The number of ether oxygens (including phenoxy) is 1. The lowest BCUT2D eigenvalue weighted by Gasteiger charge is -2.11. The van der Waals surface area contributed by atoms with E-state index in [1.54, 1.807) is 31.2 Å². The van der Waals surface area contributed by atoms with Crippen molar-refractivity contribution in [3.05, 3.63) is 34.3 Å². The van der Waals surface area contributed by atoms with Gasteiger partial charge in [-0.15, -0.1) is 0 Å². The zero-order valence-corrected chi connectivity index (χ0v) is 11.7. The fourth-order valence-corrected chi connectivity index (χ4v) is 1.89. The van der Waals surface area contributed by atoms with Crippen LogP contribution in [0.2, 0.25) is 0 Å². The van der Waals surface area contributed by atoms with Gasteiger partial charge in [0.25, 0.3) is 0 Å². The molecule has 4 nitrogen and oxygen atoms in total. The molecule has 0 bridgehead atoms. The number of hydrogen-bond donors (Lipinski definition) is 0. The molecule has 1 rings (SSSR count). The van der Waals surface area contributed by atoms with Gasteiger partial charge in [-0.1, -0.05) is 28.1 Å². The third kappa shape index (κ3) is 3.50. The smallest absolute Gasteiger partial charge is 0.324 e. The van der Waals surface area contributed by atoms with Crippen LogP contribution in [0.4, 0.5) is 0 Å². The van der Waals surface area contributed by atoms with Gasteiger partial charge in [0.05, 0.1) is 6.61 Å². The van der Waals surface area contributed by atoms with E-state index in [2.05, 4.69) is 15.9 Å². The highest BCUT2D eigenvalue weighted by Gasteiger charge is 2.33.